The lowest BCUT2D eigenvalue weighted by atomic mass is 9.83. The lowest BCUT2D eigenvalue weighted by Gasteiger charge is -2.24. The zero-order chi connectivity index (χ0) is 12.4. The Hall–Kier alpha value is -0.550. The summed E-state index contributed by atoms with van der Waals surface area (Å²) in [6, 6.07) is 3.56. The standard InChI is InChI=1S/C12H14Br2N2O/c13-9-5-8(15)6-10(14)12(9)16-11(17)4-7-2-1-3-7/h5-7H,1-4,15H2,(H,16,17). The highest BCUT2D eigenvalue weighted by Gasteiger charge is 2.21. The van der Waals surface area contributed by atoms with Crippen LogP contribution in [-0.2, 0) is 4.79 Å². The van der Waals surface area contributed by atoms with Gasteiger partial charge in [0.05, 0.1) is 5.69 Å². The molecule has 3 nitrogen and oxygen atoms in total. The van der Waals surface area contributed by atoms with Crippen LogP contribution >= 0.6 is 31.9 Å². The highest BCUT2D eigenvalue weighted by Crippen LogP contribution is 2.34. The van der Waals surface area contributed by atoms with Crippen LogP contribution in [-0.4, -0.2) is 5.91 Å². The van der Waals surface area contributed by atoms with E-state index in [1.807, 2.05) is 0 Å². The molecule has 0 unspecified atom stereocenters. The summed E-state index contributed by atoms with van der Waals surface area (Å²) in [5.74, 6) is 0.641. The van der Waals surface area contributed by atoms with E-state index in [-0.39, 0.29) is 5.91 Å². The van der Waals surface area contributed by atoms with Gasteiger partial charge in [-0.2, -0.15) is 0 Å². The molecular formula is C12H14Br2N2O. The molecule has 0 atom stereocenters. The Morgan fingerprint density at radius 2 is 1.94 bits per heavy atom. The Balaban J connectivity index is 2.04. The highest BCUT2D eigenvalue weighted by atomic mass is 79.9. The van der Waals surface area contributed by atoms with Gasteiger partial charge in [0.25, 0.3) is 0 Å². The number of anilines is 2. The molecule has 0 radical (unpaired) electrons. The molecule has 2 rings (SSSR count). The van der Waals surface area contributed by atoms with Gasteiger partial charge < -0.3 is 11.1 Å². The summed E-state index contributed by atoms with van der Waals surface area (Å²) in [5.41, 5.74) is 7.10. The van der Waals surface area contributed by atoms with Crippen molar-refractivity contribution in [2.75, 3.05) is 11.1 Å². The molecule has 1 aromatic carbocycles. The average molecular weight is 362 g/mol. The fraction of sp³-hybridized carbons (Fsp3) is 0.417. The fourth-order valence-electron chi connectivity index (χ4n) is 1.86. The minimum atomic E-state index is 0.0703. The van der Waals surface area contributed by atoms with Crippen LogP contribution in [0.4, 0.5) is 11.4 Å². The Morgan fingerprint density at radius 3 is 2.41 bits per heavy atom. The Kier molecular flexibility index (Phi) is 4.09. The molecule has 1 aromatic rings. The van der Waals surface area contributed by atoms with E-state index >= 15 is 0 Å². The molecule has 3 N–H and O–H groups in total. The molecule has 1 amide bonds. The largest absolute Gasteiger partial charge is 0.399 e. The van der Waals surface area contributed by atoms with Gasteiger partial charge in [-0.3, -0.25) is 4.79 Å². The predicted molar refractivity (Wildman–Crippen MR) is 76.8 cm³/mol. The van der Waals surface area contributed by atoms with E-state index < -0.39 is 0 Å². The highest BCUT2D eigenvalue weighted by molar-refractivity contribution is 9.11. The van der Waals surface area contributed by atoms with Crippen molar-refractivity contribution in [3.63, 3.8) is 0 Å². The van der Waals surface area contributed by atoms with Crippen molar-refractivity contribution < 1.29 is 4.79 Å². The van der Waals surface area contributed by atoms with Crippen LogP contribution in [0.15, 0.2) is 21.1 Å². The third-order valence-corrected chi connectivity index (χ3v) is 4.28. The Morgan fingerprint density at radius 1 is 1.35 bits per heavy atom. The number of amides is 1. The number of nitrogens with one attached hydrogen (secondary N) is 1. The number of hydrogen-bond donors (Lipinski definition) is 2. The smallest absolute Gasteiger partial charge is 0.224 e. The minimum Gasteiger partial charge on any atom is -0.399 e. The second-order valence-electron chi connectivity index (χ2n) is 4.41. The van der Waals surface area contributed by atoms with Gasteiger partial charge in [0.1, 0.15) is 0 Å². The summed E-state index contributed by atoms with van der Waals surface area (Å²) >= 11 is 6.80. The first-order valence-electron chi connectivity index (χ1n) is 5.60. The monoisotopic (exact) mass is 360 g/mol. The van der Waals surface area contributed by atoms with Crippen LogP contribution in [0.2, 0.25) is 0 Å². The molecule has 0 aliphatic heterocycles. The molecular weight excluding hydrogens is 348 g/mol. The normalized spacial score (nSPS) is 15.4. The third-order valence-electron chi connectivity index (χ3n) is 3.03. The van der Waals surface area contributed by atoms with Gasteiger partial charge in [-0.1, -0.05) is 6.42 Å². The van der Waals surface area contributed by atoms with Gasteiger partial charge >= 0.3 is 0 Å². The first-order valence-corrected chi connectivity index (χ1v) is 7.19. The van der Waals surface area contributed by atoms with Gasteiger partial charge in [0.15, 0.2) is 0 Å². The maximum atomic E-state index is 11.8. The van der Waals surface area contributed by atoms with Crippen LogP contribution in [0.3, 0.4) is 0 Å². The second-order valence-corrected chi connectivity index (χ2v) is 6.12. The lowest BCUT2D eigenvalue weighted by molar-refractivity contribution is -0.117. The van der Waals surface area contributed by atoms with Gasteiger partial charge in [0.2, 0.25) is 5.91 Å². The van der Waals surface area contributed by atoms with E-state index in [0.29, 0.717) is 18.0 Å². The van der Waals surface area contributed by atoms with Crippen molar-refractivity contribution in [2.24, 2.45) is 5.92 Å². The van der Waals surface area contributed by atoms with Gasteiger partial charge in [-0.05, 0) is 62.8 Å². The molecule has 1 fully saturated rings. The summed E-state index contributed by atoms with van der Waals surface area (Å²) in [5, 5.41) is 2.92. The van der Waals surface area contributed by atoms with E-state index in [9.17, 15) is 4.79 Å². The average Bonchev–Trinajstić information content (AvgIpc) is 2.17. The van der Waals surface area contributed by atoms with E-state index in [0.717, 1.165) is 14.6 Å². The zero-order valence-electron chi connectivity index (χ0n) is 9.30. The number of rotatable bonds is 3. The van der Waals surface area contributed by atoms with Crippen LogP contribution in [0.1, 0.15) is 25.7 Å². The molecule has 0 bridgehead atoms. The topological polar surface area (TPSA) is 55.1 Å². The van der Waals surface area contributed by atoms with E-state index in [2.05, 4.69) is 37.2 Å². The summed E-state index contributed by atoms with van der Waals surface area (Å²) in [6.45, 7) is 0. The maximum absolute atomic E-state index is 11.8. The molecule has 1 aliphatic rings. The van der Waals surface area contributed by atoms with Crippen LogP contribution in [0, 0.1) is 5.92 Å². The molecule has 1 saturated carbocycles. The van der Waals surface area contributed by atoms with E-state index in [4.69, 9.17) is 5.73 Å². The minimum absolute atomic E-state index is 0.0703. The molecule has 0 spiro atoms. The maximum Gasteiger partial charge on any atom is 0.224 e. The van der Waals surface area contributed by atoms with Crippen molar-refractivity contribution in [2.45, 2.75) is 25.7 Å². The lowest BCUT2D eigenvalue weighted by Crippen LogP contribution is -2.21. The molecule has 0 aromatic heterocycles. The number of halogens is 2. The second kappa shape index (κ2) is 5.40. The molecule has 1 aliphatic carbocycles. The third kappa shape index (κ3) is 3.22. The summed E-state index contributed by atoms with van der Waals surface area (Å²) in [7, 11) is 0. The van der Waals surface area contributed by atoms with E-state index in [1.54, 1.807) is 12.1 Å². The molecule has 5 heteroatoms. The summed E-state index contributed by atoms with van der Waals surface area (Å²) < 4.78 is 1.60. The van der Waals surface area contributed by atoms with Crippen molar-refractivity contribution in [3.8, 4) is 0 Å². The number of nitrogen functional groups attached to an aromatic ring is 1. The first kappa shape index (κ1) is 12.9. The summed E-state index contributed by atoms with van der Waals surface area (Å²) in [4.78, 5) is 11.8. The SMILES string of the molecule is Nc1cc(Br)c(NC(=O)CC2CCC2)c(Br)c1. The van der Waals surface area contributed by atoms with Crippen molar-refractivity contribution in [1.82, 2.24) is 0 Å². The van der Waals surface area contributed by atoms with Crippen LogP contribution in [0.5, 0.6) is 0 Å². The van der Waals surface area contributed by atoms with Gasteiger partial charge in [0, 0.05) is 21.1 Å². The molecule has 0 saturated heterocycles. The van der Waals surface area contributed by atoms with Crippen molar-refractivity contribution in [3.05, 3.63) is 21.1 Å². The van der Waals surface area contributed by atoms with Crippen LogP contribution in [0.25, 0.3) is 0 Å². The number of hydrogen-bond acceptors (Lipinski definition) is 2. The van der Waals surface area contributed by atoms with Crippen molar-refractivity contribution >= 4 is 49.1 Å². The first-order chi connectivity index (χ1) is 8.06. The zero-order valence-corrected chi connectivity index (χ0v) is 12.5. The number of carbonyl (C=O) groups is 1. The Bertz CT molecular complexity index is 421. The fourth-order valence-corrected chi connectivity index (χ4v) is 3.28. The molecule has 0 heterocycles. The Labute approximate surface area is 117 Å². The number of carbonyl (C=O) groups excluding carboxylic acids is 1. The van der Waals surface area contributed by atoms with E-state index in [1.165, 1.54) is 19.3 Å². The van der Waals surface area contributed by atoms with Crippen LogP contribution < -0.4 is 11.1 Å². The van der Waals surface area contributed by atoms with Gasteiger partial charge in [-0.15, -0.1) is 0 Å². The molecule has 92 valence electrons. The number of benzene rings is 1. The number of nitrogens with two attached hydrogens (primary N) is 1. The van der Waals surface area contributed by atoms with Gasteiger partial charge in [-0.25, -0.2) is 0 Å². The summed E-state index contributed by atoms with van der Waals surface area (Å²) in [6.07, 6.45) is 4.23. The van der Waals surface area contributed by atoms with Crippen molar-refractivity contribution in [1.29, 1.82) is 0 Å². The predicted octanol–water partition coefficient (Wildman–Crippen LogP) is 3.92. The quantitative estimate of drug-likeness (QED) is 0.801. The molecule has 17 heavy (non-hydrogen) atoms.